The molecule has 4 nitrogen and oxygen atoms in total. The molecule has 0 unspecified atom stereocenters. The van der Waals surface area contributed by atoms with Crippen molar-refractivity contribution in [1.29, 1.82) is 5.26 Å². The fourth-order valence-electron chi connectivity index (χ4n) is 4.22. The first-order chi connectivity index (χ1) is 11.1. The van der Waals surface area contributed by atoms with Gasteiger partial charge in [-0.3, -0.25) is 9.69 Å². The third-order valence-corrected chi connectivity index (χ3v) is 5.36. The molecule has 3 rings (SSSR count). The summed E-state index contributed by atoms with van der Waals surface area (Å²) in [5, 5.41) is 9.02. The smallest absolute Gasteiger partial charge is 0.253 e. The van der Waals surface area contributed by atoms with Crippen molar-refractivity contribution in [1.82, 2.24) is 9.80 Å². The largest absolute Gasteiger partial charge is 0.337 e. The highest BCUT2D eigenvalue weighted by Gasteiger charge is 2.36. The van der Waals surface area contributed by atoms with E-state index in [1.165, 1.54) is 19.3 Å². The summed E-state index contributed by atoms with van der Waals surface area (Å²) in [7, 11) is 0. The number of benzene rings is 1. The molecule has 2 fully saturated rings. The fraction of sp³-hybridized carbons (Fsp3) is 0.579. The number of rotatable bonds is 2. The van der Waals surface area contributed by atoms with Crippen LogP contribution in [0, 0.1) is 11.3 Å². The predicted molar refractivity (Wildman–Crippen MR) is 90.1 cm³/mol. The lowest BCUT2D eigenvalue weighted by molar-refractivity contribution is 0.0487. The van der Waals surface area contributed by atoms with E-state index in [4.69, 9.17) is 5.26 Å². The van der Waals surface area contributed by atoms with Crippen LogP contribution in [0.2, 0.25) is 0 Å². The quantitative estimate of drug-likeness (QED) is 0.843. The zero-order valence-electron chi connectivity index (χ0n) is 14.0. The molecule has 2 heterocycles. The van der Waals surface area contributed by atoms with Gasteiger partial charge in [0.15, 0.2) is 0 Å². The van der Waals surface area contributed by atoms with Crippen LogP contribution in [0.15, 0.2) is 24.3 Å². The van der Waals surface area contributed by atoms with Gasteiger partial charge in [-0.25, -0.2) is 0 Å². The van der Waals surface area contributed by atoms with E-state index in [9.17, 15) is 4.79 Å². The molecule has 0 saturated carbocycles. The van der Waals surface area contributed by atoms with Crippen LogP contribution in [0.4, 0.5) is 0 Å². The van der Waals surface area contributed by atoms with Crippen LogP contribution in [-0.4, -0.2) is 46.9 Å². The van der Waals surface area contributed by atoms with Gasteiger partial charge in [-0.05, 0) is 57.7 Å². The van der Waals surface area contributed by atoms with E-state index < -0.39 is 0 Å². The maximum absolute atomic E-state index is 12.8. The third-order valence-electron chi connectivity index (χ3n) is 5.36. The van der Waals surface area contributed by atoms with Gasteiger partial charge < -0.3 is 4.90 Å². The molecule has 0 aromatic heterocycles. The van der Waals surface area contributed by atoms with E-state index in [0.29, 0.717) is 29.3 Å². The van der Waals surface area contributed by atoms with Gasteiger partial charge in [0.05, 0.1) is 11.6 Å². The van der Waals surface area contributed by atoms with E-state index >= 15 is 0 Å². The number of likely N-dealkylation sites (tertiary alicyclic amines) is 2. The topological polar surface area (TPSA) is 47.3 Å². The van der Waals surface area contributed by atoms with Crippen molar-refractivity contribution in [2.75, 3.05) is 13.1 Å². The molecule has 1 aromatic rings. The van der Waals surface area contributed by atoms with Crippen LogP contribution < -0.4 is 0 Å². The lowest BCUT2D eigenvalue weighted by atomic mass is 10.0. The van der Waals surface area contributed by atoms with Crippen molar-refractivity contribution in [3.8, 4) is 6.07 Å². The molecule has 4 heteroatoms. The average molecular weight is 311 g/mol. The van der Waals surface area contributed by atoms with Crippen molar-refractivity contribution in [3.05, 3.63) is 35.4 Å². The summed E-state index contributed by atoms with van der Waals surface area (Å²) in [4.78, 5) is 17.4. The van der Waals surface area contributed by atoms with Crippen molar-refractivity contribution < 1.29 is 4.79 Å². The van der Waals surface area contributed by atoms with Crippen LogP contribution in [-0.2, 0) is 0 Å². The summed E-state index contributed by atoms with van der Waals surface area (Å²) in [6.07, 6.45) is 4.76. The minimum atomic E-state index is 0.0614. The highest BCUT2D eigenvalue weighted by Crippen LogP contribution is 2.30. The molecule has 0 bridgehead atoms. The van der Waals surface area contributed by atoms with Gasteiger partial charge >= 0.3 is 0 Å². The van der Waals surface area contributed by atoms with Crippen molar-refractivity contribution in [2.24, 2.45) is 0 Å². The SMILES string of the molecule is C[C@@H]1CC[C@@H](C)N1[C@@H]1CCCN(C(=O)c2cccc(C#N)c2)C1. The Labute approximate surface area is 138 Å². The number of carbonyl (C=O) groups excluding carboxylic acids is 1. The molecule has 0 aliphatic carbocycles. The molecule has 1 aromatic carbocycles. The summed E-state index contributed by atoms with van der Waals surface area (Å²) < 4.78 is 0. The number of hydrogen-bond acceptors (Lipinski definition) is 3. The maximum atomic E-state index is 12.8. The van der Waals surface area contributed by atoms with E-state index in [2.05, 4.69) is 24.8 Å². The van der Waals surface area contributed by atoms with Crippen LogP contribution in [0.3, 0.4) is 0 Å². The van der Waals surface area contributed by atoms with Gasteiger partial charge in [0.25, 0.3) is 5.91 Å². The number of amides is 1. The number of piperidine rings is 1. The Morgan fingerprint density at radius 1 is 1.22 bits per heavy atom. The molecule has 2 aliphatic rings. The third kappa shape index (κ3) is 3.25. The Morgan fingerprint density at radius 3 is 2.65 bits per heavy atom. The molecule has 0 N–H and O–H groups in total. The molecule has 0 spiro atoms. The van der Waals surface area contributed by atoms with Crippen molar-refractivity contribution in [2.45, 2.75) is 57.7 Å². The van der Waals surface area contributed by atoms with Gasteiger partial charge in [0.1, 0.15) is 0 Å². The first kappa shape index (κ1) is 16.0. The summed E-state index contributed by atoms with van der Waals surface area (Å²) in [6, 6.07) is 10.9. The van der Waals surface area contributed by atoms with E-state index in [1.54, 1.807) is 18.2 Å². The Morgan fingerprint density at radius 2 is 1.96 bits per heavy atom. The fourth-order valence-corrected chi connectivity index (χ4v) is 4.22. The lowest BCUT2D eigenvalue weighted by Gasteiger charge is -2.41. The predicted octanol–water partition coefficient (Wildman–Crippen LogP) is 3.04. The lowest BCUT2D eigenvalue weighted by Crippen LogP contribution is -2.52. The highest BCUT2D eigenvalue weighted by atomic mass is 16.2. The van der Waals surface area contributed by atoms with Crippen molar-refractivity contribution >= 4 is 5.91 Å². The van der Waals surface area contributed by atoms with Gasteiger partial charge in [-0.1, -0.05) is 6.07 Å². The van der Waals surface area contributed by atoms with Gasteiger partial charge in [0, 0.05) is 36.8 Å². The first-order valence-electron chi connectivity index (χ1n) is 8.67. The Kier molecular flexibility index (Phi) is 4.68. The van der Waals surface area contributed by atoms with Crippen LogP contribution in [0.5, 0.6) is 0 Å². The maximum Gasteiger partial charge on any atom is 0.253 e. The zero-order chi connectivity index (χ0) is 16.4. The molecular weight excluding hydrogens is 286 g/mol. The molecule has 1 amide bonds. The zero-order valence-corrected chi connectivity index (χ0v) is 14.0. The average Bonchev–Trinajstić information content (AvgIpc) is 2.93. The Balaban J connectivity index is 1.73. The minimum absolute atomic E-state index is 0.0614. The molecule has 3 atom stereocenters. The number of hydrogen-bond donors (Lipinski definition) is 0. The summed E-state index contributed by atoms with van der Waals surface area (Å²) in [5.74, 6) is 0.0614. The monoisotopic (exact) mass is 311 g/mol. The molecule has 23 heavy (non-hydrogen) atoms. The number of nitriles is 1. The van der Waals surface area contributed by atoms with Gasteiger partial charge in [0.2, 0.25) is 0 Å². The molecule has 2 aliphatic heterocycles. The molecular formula is C19H25N3O. The molecule has 0 radical (unpaired) electrons. The normalized spacial score (nSPS) is 28.6. The van der Waals surface area contributed by atoms with E-state index in [0.717, 1.165) is 19.5 Å². The summed E-state index contributed by atoms with van der Waals surface area (Å²) in [6.45, 7) is 6.24. The highest BCUT2D eigenvalue weighted by molar-refractivity contribution is 5.94. The summed E-state index contributed by atoms with van der Waals surface area (Å²) >= 11 is 0. The summed E-state index contributed by atoms with van der Waals surface area (Å²) in [5.41, 5.74) is 1.18. The second-order valence-electron chi connectivity index (χ2n) is 6.96. The Hall–Kier alpha value is -1.86. The van der Waals surface area contributed by atoms with Gasteiger partial charge in [-0.2, -0.15) is 5.26 Å². The van der Waals surface area contributed by atoms with Crippen LogP contribution in [0.1, 0.15) is 55.5 Å². The molecule has 122 valence electrons. The minimum Gasteiger partial charge on any atom is -0.337 e. The second kappa shape index (κ2) is 6.72. The Bertz CT molecular complexity index is 611. The first-order valence-corrected chi connectivity index (χ1v) is 8.67. The standard InChI is InChI=1S/C19H25N3O/c1-14-8-9-15(2)22(14)18-7-4-10-21(13-18)19(23)17-6-3-5-16(11-17)12-20/h3,5-6,11,14-15,18H,4,7-10,13H2,1-2H3/t14-,15-,18-/m1/s1. The van der Waals surface area contributed by atoms with Crippen LogP contribution >= 0.6 is 0 Å². The van der Waals surface area contributed by atoms with Crippen molar-refractivity contribution in [3.63, 3.8) is 0 Å². The van der Waals surface area contributed by atoms with Gasteiger partial charge in [-0.15, -0.1) is 0 Å². The van der Waals surface area contributed by atoms with E-state index in [1.807, 2.05) is 11.0 Å². The van der Waals surface area contributed by atoms with Crippen LogP contribution in [0.25, 0.3) is 0 Å². The number of carbonyl (C=O) groups is 1. The molecule has 2 saturated heterocycles. The van der Waals surface area contributed by atoms with E-state index in [-0.39, 0.29) is 5.91 Å². The number of nitrogens with zero attached hydrogens (tertiary/aromatic N) is 3. The second-order valence-corrected chi connectivity index (χ2v) is 6.96.